The number of imidazole rings is 1. The maximum absolute atomic E-state index is 12.9. The van der Waals surface area contributed by atoms with Crippen molar-refractivity contribution < 1.29 is 13.2 Å². The molecule has 0 aliphatic carbocycles. The van der Waals surface area contributed by atoms with Crippen LogP contribution in [0.3, 0.4) is 0 Å². The highest BCUT2D eigenvalue weighted by Crippen LogP contribution is 2.33. The number of alkyl halides is 3. The third kappa shape index (κ3) is 3.56. The van der Waals surface area contributed by atoms with Crippen LogP contribution >= 0.6 is 0 Å². The molecule has 0 unspecified atom stereocenters. The first-order valence-electron chi connectivity index (χ1n) is 6.71. The number of halogens is 3. The highest BCUT2D eigenvalue weighted by atomic mass is 19.4. The van der Waals surface area contributed by atoms with Gasteiger partial charge in [-0.15, -0.1) is 0 Å². The van der Waals surface area contributed by atoms with Crippen LogP contribution in [-0.2, 0) is 12.7 Å². The predicted molar refractivity (Wildman–Crippen MR) is 76.1 cm³/mol. The van der Waals surface area contributed by atoms with E-state index in [0.717, 1.165) is 11.8 Å². The third-order valence-electron chi connectivity index (χ3n) is 3.32. The average Bonchev–Trinajstić information content (AvgIpc) is 2.85. The van der Waals surface area contributed by atoms with Crippen LogP contribution in [0.25, 0.3) is 0 Å². The van der Waals surface area contributed by atoms with Crippen LogP contribution in [0.4, 0.5) is 18.9 Å². The van der Waals surface area contributed by atoms with Crippen molar-refractivity contribution >= 4 is 5.69 Å². The number of nitrogens with zero attached hydrogens (tertiary/aromatic N) is 2. The SMILES string of the molecule is Cc1ccc(NCc2cncn2C(C)C)cc1C(F)(F)F. The second-order valence-corrected chi connectivity index (χ2v) is 5.27. The van der Waals surface area contributed by atoms with Crippen molar-refractivity contribution in [3.63, 3.8) is 0 Å². The zero-order valence-electron chi connectivity index (χ0n) is 12.2. The van der Waals surface area contributed by atoms with Gasteiger partial charge in [-0.05, 0) is 38.5 Å². The second-order valence-electron chi connectivity index (χ2n) is 5.27. The Kier molecular flexibility index (Phi) is 4.25. The van der Waals surface area contributed by atoms with Gasteiger partial charge in [0.1, 0.15) is 0 Å². The van der Waals surface area contributed by atoms with Crippen LogP contribution in [0.15, 0.2) is 30.7 Å². The summed E-state index contributed by atoms with van der Waals surface area (Å²) in [4.78, 5) is 4.07. The fourth-order valence-electron chi connectivity index (χ4n) is 2.16. The number of rotatable bonds is 4. The molecule has 0 radical (unpaired) electrons. The molecular weight excluding hydrogens is 279 g/mol. The molecule has 114 valence electrons. The van der Waals surface area contributed by atoms with Crippen LogP contribution < -0.4 is 5.32 Å². The maximum atomic E-state index is 12.9. The highest BCUT2D eigenvalue weighted by Gasteiger charge is 2.32. The minimum atomic E-state index is -4.33. The second kappa shape index (κ2) is 5.79. The van der Waals surface area contributed by atoms with E-state index in [9.17, 15) is 13.2 Å². The first kappa shape index (κ1) is 15.4. The molecule has 0 spiro atoms. The van der Waals surface area contributed by atoms with Gasteiger partial charge in [-0.2, -0.15) is 13.2 Å². The molecule has 0 bridgehead atoms. The van der Waals surface area contributed by atoms with E-state index in [4.69, 9.17) is 0 Å². The molecular formula is C15H18F3N3. The summed E-state index contributed by atoms with van der Waals surface area (Å²) in [7, 11) is 0. The quantitative estimate of drug-likeness (QED) is 0.906. The molecule has 0 atom stereocenters. The normalized spacial score (nSPS) is 12.0. The monoisotopic (exact) mass is 297 g/mol. The Morgan fingerprint density at radius 1 is 1.29 bits per heavy atom. The molecule has 0 saturated heterocycles. The first-order valence-corrected chi connectivity index (χ1v) is 6.71. The minimum Gasteiger partial charge on any atom is -0.379 e. The molecule has 0 amide bonds. The molecule has 0 aliphatic rings. The third-order valence-corrected chi connectivity index (χ3v) is 3.32. The number of aryl methyl sites for hydroxylation is 1. The Bertz CT molecular complexity index is 615. The fraction of sp³-hybridized carbons (Fsp3) is 0.400. The molecule has 0 saturated carbocycles. The maximum Gasteiger partial charge on any atom is 0.416 e. The molecule has 2 aromatic rings. The van der Waals surface area contributed by atoms with E-state index in [0.29, 0.717) is 12.2 Å². The van der Waals surface area contributed by atoms with E-state index in [2.05, 4.69) is 10.3 Å². The Morgan fingerprint density at radius 2 is 2.00 bits per heavy atom. The van der Waals surface area contributed by atoms with Crippen molar-refractivity contribution in [3.05, 3.63) is 47.5 Å². The van der Waals surface area contributed by atoms with E-state index >= 15 is 0 Å². The van der Waals surface area contributed by atoms with E-state index in [1.54, 1.807) is 18.6 Å². The molecule has 0 fully saturated rings. The van der Waals surface area contributed by atoms with Gasteiger partial charge < -0.3 is 9.88 Å². The number of benzene rings is 1. The molecule has 21 heavy (non-hydrogen) atoms. The summed E-state index contributed by atoms with van der Waals surface area (Å²) >= 11 is 0. The Morgan fingerprint density at radius 3 is 2.62 bits per heavy atom. The first-order chi connectivity index (χ1) is 9.79. The van der Waals surface area contributed by atoms with Crippen molar-refractivity contribution in [2.75, 3.05) is 5.32 Å². The number of hydrogen-bond acceptors (Lipinski definition) is 2. The van der Waals surface area contributed by atoms with Crippen LogP contribution in [0.5, 0.6) is 0 Å². The molecule has 6 heteroatoms. The smallest absolute Gasteiger partial charge is 0.379 e. The lowest BCUT2D eigenvalue weighted by Crippen LogP contribution is -2.11. The molecule has 3 nitrogen and oxygen atoms in total. The van der Waals surface area contributed by atoms with Gasteiger partial charge in [-0.25, -0.2) is 4.98 Å². The predicted octanol–water partition coefficient (Wildman–Crippen LogP) is 4.40. The van der Waals surface area contributed by atoms with E-state index in [1.165, 1.54) is 13.0 Å². The number of anilines is 1. The number of nitrogens with one attached hydrogen (secondary N) is 1. The summed E-state index contributed by atoms with van der Waals surface area (Å²) in [5.41, 5.74) is 0.994. The van der Waals surface area contributed by atoms with E-state index in [-0.39, 0.29) is 11.6 Å². The molecule has 1 N–H and O–H groups in total. The Labute approximate surface area is 121 Å². The average molecular weight is 297 g/mol. The zero-order chi connectivity index (χ0) is 15.6. The molecule has 0 aliphatic heterocycles. The molecule has 1 heterocycles. The number of aromatic nitrogens is 2. The highest BCUT2D eigenvalue weighted by molar-refractivity contribution is 5.49. The lowest BCUT2D eigenvalue weighted by molar-refractivity contribution is -0.138. The van der Waals surface area contributed by atoms with Gasteiger partial charge in [0.05, 0.1) is 24.1 Å². The minimum absolute atomic E-state index is 0.222. The van der Waals surface area contributed by atoms with Crippen LogP contribution in [0.2, 0.25) is 0 Å². The summed E-state index contributed by atoms with van der Waals surface area (Å²) in [5, 5.41) is 3.02. The van der Waals surface area contributed by atoms with Crippen molar-refractivity contribution in [1.29, 1.82) is 0 Å². The topological polar surface area (TPSA) is 29.9 Å². The van der Waals surface area contributed by atoms with Gasteiger partial charge in [0, 0.05) is 17.9 Å². The van der Waals surface area contributed by atoms with Gasteiger partial charge in [-0.3, -0.25) is 0 Å². The fourth-order valence-corrected chi connectivity index (χ4v) is 2.16. The Hall–Kier alpha value is -1.98. The van der Waals surface area contributed by atoms with Crippen molar-refractivity contribution in [3.8, 4) is 0 Å². The number of hydrogen-bond donors (Lipinski definition) is 1. The largest absolute Gasteiger partial charge is 0.416 e. The van der Waals surface area contributed by atoms with E-state index < -0.39 is 11.7 Å². The molecule has 1 aromatic heterocycles. The van der Waals surface area contributed by atoms with Crippen LogP contribution in [-0.4, -0.2) is 9.55 Å². The lowest BCUT2D eigenvalue weighted by atomic mass is 10.1. The summed E-state index contributed by atoms with van der Waals surface area (Å²) in [6.07, 6.45) is -0.898. The summed E-state index contributed by atoms with van der Waals surface area (Å²) in [5.74, 6) is 0. The van der Waals surface area contributed by atoms with Gasteiger partial charge in [-0.1, -0.05) is 6.07 Å². The van der Waals surface area contributed by atoms with Crippen LogP contribution in [0, 0.1) is 6.92 Å². The van der Waals surface area contributed by atoms with Gasteiger partial charge in [0.15, 0.2) is 0 Å². The van der Waals surface area contributed by atoms with Gasteiger partial charge in [0.25, 0.3) is 0 Å². The van der Waals surface area contributed by atoms with Crippen molar-refractivity contribution in [2.45, 2.75) is 39.5 Å². The molecule has 2 rings (SSSR count). The summed E-state index contributed by atoms with van der Waals surface area (Å²) < 4.78 is 40.6. The van der Waals surface area contributed by atoms with Gasteiger partial charge >= 0.3 is 6.18 Å². The van der Waals surface area contributed by atoms with Crippen molar-refractivity contribution in [1.82, 2.24) is 9.55 Å². The van der Waals surface area contributed by atoms with Gasteiger partial charge in [0.2, 0.25) is 0 Å². The summed E-state index contributed by atoms with van der Waals surface area (Å²) in [6, 6.07) is 4.53. The van der Waals surface area contributed by atoms with Crippen LogP contribution in [0.1, 0.15) is 36.7 Å². The van der Waals surface area contributed by atoms with E-state index in [1.807, 2.05) is 18.4 Å². The Balaban J connectivity index is 2.16. The lowest BCUT2D eigenvalue weighted by Gasteiger charge is -2.15. The zero-order valence-corrected chi connectivity index (χ0v) is 12.2. The molecule has 1 aromatic carbocycles. The standard InChI is InChI=1S/C15H18F3N3/c1-10(2)21-9-19-7-13(21)8-20-12-5-4-11(3)14(6-12)15(16,17)18/h4-7,9-10,20H,8H2,1-3H3. The summed E-state index contributed by atoms with van der Waals surface area (Å²) in [6.45, 7) is 5.94. The van der Waals surface area contributed by atoms with Crippen molar-refractivity contribution in [2.24, 2.45) is 0 Å².